The molecule has 1 unspecified atom stereocenters. The van der Waals surface area contributed by atoms with Crippen LogP contribution in [0.15, 0.2) is 41.6 Å². The molecule has 0 fully saturated rings. The SMILES string of the molecule is CSc1ccc(NC(=O)C(C)Oc2cccc(Cl)c2Cl)cn1. The van der Waals surface area contributed by atoms with Crippen molar-refractivity contribution in [2.45, 2.75) is 18.1 Å². The quantitative estimate of drug-likeness (QED) is 0.800. The molecule has 0 aliphatic heterocycles. The third kappa shape index (κ3) is 4.29. The maximum atomic E-state index is 12.1. The standard InChI is InChI=1S/C15H14Cl2N2O2S/c1-9(21-12-5-3-4-11(16)14(12)17)15(20)19-10-6-7-13(22-2)18-8-10/h3-9H,1-2H3,(H,19,20). The normalized spacial score (nSPS) is 11.8. The summed E-state index contributed by atoms with van der Waals surface area (Å²) >= 11 is 13.5. The fourth-order valence-electron chi connectivity index (χ4n) is 1.64. The van der Waals surface area contributed by atoms with Gasteiger partial charge in [0.1, 0.15) is 10.8 Å². The lowest BCUT2D eigenvalue weighted by Gasteiger charge is -2.16. The summed E-state index contributed by atoms with van der Waals surface area (Å²) in [7, 11) is 0. The predicted molar refractivity (Wildman–Crippen MR) is 91.2 cm³/mol. The van der Waals surface area contributed by atoms with Gasteiger partial charge < -0.3 is 10.1 Å². The molecule has 0 aliphatic rings. The van der Waals surface area contributed by atoms with E-state index in [1.54, 1.807) is 37.4 Å². The summed E-state index contributed by atoms with van der Waals surface area (Å²) in [6.07, 6.45) is 2.81. The van der Waals surface area contributed by atoms with Gasteiger partial charge in [0.25, 0.3) is 5.91 Å². The number of ether oxygens (including phenoxy) is 1. The zero-order valence-electron chi connectivity index (χ0n) is 12.0. The van der Waals surface area contributed by atoms with Gasteiger partial charge in [-0.25, -0.2) is 4.98 Å². The molecule has 1 aromatic carbocycles. The van der Waals surface area contributed by atoms with Gasteiger partial charge in [-0.05, 0) is 37.4 Å². The van der Waals surface area contributed by atoms with Gasteiger partial charge in [0, 0.05) is 0 Å². The van der Waals surface area contributed by atoms with Gasteiger partial charge in [0.15, 0.2) is 6.10 Å². The third-order valence-corrected chi connectivity index (χ3v) is 4.26. The van der Waals surface area contributed by atoms with Crippen LogP contribution in [0.4, 0.5) is 5.69 Å². The minimum Gasteiger partial charge on any atom is -0.479 e. The van der Waals surface area contributed by atoms with Crippen molar-refractivity contribution < 1.29 is 9.53 Å². The number of aromatic nitrogens is 1. The minimum absolute atomic E-state index is 0.287. The lowest BCUT2D eigenvalue weighted by molar-refractivity contribution is -0.122. The van der Waals surface area contributed by atoms with Crippen LogP contribution in [-0.2, 0) is 4.79 Å². The maximum absolute atomic E-state index is 12.1. The summed E-state index contributed by atoms with van der Waals surface area (Å²) < 4.78 is 5.55. The van der Waals surface area contributed by atoms with E-state index in [0.717, 1.165) is 5.03 Å². The van der Waals surface area contributed by atoms with Crippen molar-refractivity contribution >= 4 is 46.6 Å². The fourth-order valence-corrected chi connectivity index (χ4v) is 2.34. The van der Waals surface area contributed by atoms with Crippen LogP contribution in [-0.4, -0.2) is 23.3 Å². The molecule has 0 radical (unpaired) electrons. The third-order valence-electron chi connectivity index (χ3n) is 2.80. The van der Waals surface area contributed by atoms with Gasteiger partial charge in [-0.15, -0.1) is 11.8 Å². The highest BCUT2D eigenvalue weighted by atomic mass is 35.5. The first-order valence-corrected chi connectivity index (χ1v) is 8.41. The number of nitrogens with zero attached hydrogens (tertiary/aromatic N) is 1. The molecular weight excluding hydrogens is 343 g/mol. The number of halogens is 2. The van der Waals surface area contributed by atoms with Crippen molar-refractivity contribution in [3.8, 4) is 5.75 Å². The number of nitrogens with one attached hydrogen (secondary N) is 1. The van der Waals surface area contributed by atoms with E-state index in [1.807, 2.05) is 12.3 Å². The summed E-state index contributed by atoms with van der Waals surface area (Å²) in [4.78, 5) is 16.3. The fraction of sp³-hybridized carbons (Fsp3) is 0.200. The molecule has 0 spiro atoms. The van der Waals surface area contributed by atoms with E-state index >= 15 is 0 Å². The van der Waals surface area contributed by atoms with Gasteiger partial charge in [-0.2, -0.15) is 0 Å². The average Bonchev–Trinajstić information content (AvgIpc) is 2.52. The number of hydrogen-bond donors (Lipinski definition) is 1. The minimum atomic E-state index is -0.726. The maximum Gasteiger partial charge on any atom is 0.265 e. The molecule has 0 saturated carbocycles. The topological polar surface area (TPSA) is 51.2 Å². The Morgan fingerprint density at radius 2 is 2.09 bits per heavy atom. The molecule has 22 heavy (non-hydrogen) atoms. The summed E-state index contributed by atoms with van der Waals surface area (Å²) in [5.41, 5.74) is 0.607. The summed E-state index contributed by atoms with van der Waals surface area (Å²) in [6.45, 7) is 1.64. The van der Waals surface area contributed by atoms with E-state index in [9.17, 15) is 4.79 Å². The number of rotatable bonds is 5. The second-order valence-electron chi connectivity index (χ2n) is 4.39. The summed E-state index contributed by atoms with van der Waals surface area (Å²) in [5, 5.41) is 4.28. The van der Waals surface area contributed by atoms with E-state index in [0.29, 0.717) is 16.5 Å². The molecule has 1 heterocycles. The Bertz CT molecular complexity index is 665. The molecule has 1 aromatic heterocycles. The van der Waals surface area contributed by atoms with Gasteiger partial charge in [-0.3, -0.25) is 4.79 Å². The van der Waals surface area contributed by atoms with E-state index < -0.39 is 6.10 Å². The van der Waals surface area contributed by atoms with Crippen LogP contribution in [0.25, 0.3) is 0 Å². The Kier molecular flexibility index (Phi) is 5.94. The largest absolute Gasteiger partial charge is 0.479 e. The molecule has 116 valence electrons. The Labute approximate surface area is 143 Å². The summed E-state index contributed by atoms with van der Waals surface area (Å²) in [6, 6.07) is 8.64. The molecule has 1 amide bonds. The molecule has 7 heteroatoms. The Morgan fingerprint density at radius 1 is 1.32 bits per heavy atom. The highest BCUT2D eigenvalue weighted by molar-refractivity contribution is 7.98. The van der Waals surface area contributed by atoms with Gasteiger partial charge in [0.05, 0.1) is 21.9 Å². The van der Waals surface area contributed by atoms with E-state index in [1.165, 1.54) is 11.8 Å². The van der Waals surface area contributed by atoms with E-state index in [4.69, 9.17) is 27.9 Å². The lowest BCUT2D eigenvalue weighted by atomic mass is 10.3. The van der Waals surface area contributed by atoms with Crippen LogP contribution in [0.3, 0.4) is 0 Å². The molecule has 1 N–H and O–H groups in total. The molecule has 4 nitrogen and oxygen atoms in total. The molecule has 1 atom stereocenters. The lowest BCUT2D eigenvalue weighted by Crippen LogP contribution is -2.30. The Hall–Kier alpha value is -1.43. The molecule has 2 rings (SSSR count). The number of anilines is 1. The zero-order valence-corrected chi connectivity index (χ0v) is 14.3. The van der Waals surface area contributed by atoms with Crippen molar-refractivity contribution in [2.75, 3.05) is 11.6 Å². The summed E-state index contributed by atoms with van der Waals surface area (Å²) in [5.74, 6) is 0.0717. The van der Waals surface area contributed by atoms with Gasteiger partial charge in [0.2, 0.25) is 0 Å². The average molecular weight is 357 g/mol. The van der Waals surface area contributed by atoms with Crippen molar-refractivity contribution in [2.24, 2.45) is 0 Å². The van der Waals surface area contributed by atoms with Crippen LogP contribution >= 0.6 is 35.0 Å². The van der Waals surface area contributed by atoms with Crippen LogP contribution in [0.2, 0.25) is 10.0 Å². The monoisotopic (exact) mass is 356 g/mol. The number of carbonyl (C=O) groups excluding carboxylic acids is 1. The molecule has 0 saturated heterocycles. The highest BCUT2D eigenvalue weighted by Crippen LogP contribution is 2.32. The number of thioether (sulfide) groups is 1. The number of benzene rings is 1. The van der Waals surface area contributed by atoms with Crippen molar-refractivity contribution in [1.82, 2.24) is 4.98 Å². The number of carbonyl (C=O) groups is 1. The van der Waals surface area contributed by atoms with Crippen molar-refractivity contribution in [1.29, 1.82) is 0 Å². The Morgan fingerprint density at radius 3 is 2.73 bits per heavy atom. The number of amides is 1. The predicted octanol–water partition coefficient (Wildman–Crippen LogP) is 4.52. The zero-order chi connectivity index (χ0) is 16.1. The molecule has 0 aliphatic carbocycles. The molecule has 0 bridgehead atoms. The van der Waals surface area contributed by atoms with Crippen LogP contribution in [0.5, 0.6) is 5.75 Å². The Balaban J connectivity index is 2.01. The van der Waals surface area contributed by atoms with Crippen LogP contribution < -0.4 is 10.1 Å². The van der Waals surface area contributed by atoms with Gasteiger partial charge >= 0.3 is 0 Å². The van der Waals surface area contributed by atoms with E-state index in [-0.39, 0.29) is 10.9 Å². The van der Waals surface area contributed by atoms with Crippen molar-refractivity contribution in [3.05, 3.63) is 46.6 Å². The van der Waals surface area contributed by atoms with E-state index in [2.05, 4.69) is 10.3 Å². The van der Waals surface area contributed by atoms with Crippen LogP contribution in [0, 0.1) is 0 Å². The second-order valence-corrected chi connectivity index (χ2v) is 6.00. The number of hydrogen-bond acceptors (Lipinski definition) is 4. The highest BCUT2D eigenvalue weighted by Gasteiger charge is 2.17. The molecule has 2 aromatic rings. The first-order chi connectivity index (χ1) is 10.5. The number of pyridine rings is 1. The first kappa shape index (κ1) is 16.9. The smallest absolute Gasteiger partial charge is 0.265 e. The first-order valence-electron chi connectivity index (χ1n) is 6.43. The van der Waals surface area contributed by atoms with Crippen LogP contribution in [0.1, 0.15) is 6.92 Å². The van der Waals surface area contributed by atoms with Gasteiger partial charge in [-0.1, -0.05) is 29.3 Å². The van der Waals surface area contributed by atoms with Crippen molar-refractivity contribution in [3.63, 3.8) is 0 Å². The second kappa shape index (κ2) is 7.72. The molecular formula is C15H14Cl2N2O2S.